The van der Waals surface area contributed by atoms with Crippen LogP contribution in [0.4, 0.5) is 0 Å². The lowest BCUT2D eigenvalue weighted by Gasteiger charge is -2.36. The van der Waals surface area contributed by atoms with Gasteiger partial charge in [0.25, 0.3) is 0 Å². The first-order chi connectivity index (χ1) is 9.72. The molecule has 3 rings (SSSR count). The van der Waals surface area contributed by atoms with Crippen LogP contribution in [0.5, 0.6) is 5.75 Å². The van der Waals surface area contributed by atoms with Crippen LogP contribution in [0.3, 0.4) is 0 Å². The zero-order chi connectivity index (χ0) is 13.9. The van der Waals surface area contributed by atoms with Crippen LogP contribution in [0.15, 0.2) is 48.5 Å². The smallest absolute Gasteiger partial charge is 0.120 e. The van der Waals surface area contributed by atoms with Crippen molar-refractivity contribution in [2.24, 2.45) is 0 Å². The van der Waals surface area contributed by atoms with E-state index in [-0.39, 0.29) is 0 Å². The molecule has 20 heavy (non-hydrogen) atoms. The monoisotopic (exact) mass is 287 g/mol. The van der Waals surface area contributed by atoms with Crippen LogP contribution in [-0.2, 0) is 6.54 Å². The van der Waals surface area contributed by atoms with Gasteiger partial charge in [0.1, 0.15) is 5.75 Å². The first-order valence-electron chi connectivity index (χ1n) is 6.98. The molecule has 1 saturated carbocycles. The summed E-state index contributed by atoms with van der Waals surface area (Å²) in [6, 6.07) is 16.1. The molecular formula is C17H18ClNO. The summed E-state index contributed by atoms with van der Waals surface area (Å²) >= 11 is 6.02. The molecule has 0 unspecified atom stereocenters. The summed E-state index contributed by atoms with van der Waals surface area (Å²) in [5.74, 6) is 0.973. The highest BCUT2D eigenvalue weighted by atomic mass is 35.5. The average Bonchev–Trinajstić information content (AvgIpc) is 2.39. The Bertz CT molecular complexity index is 593. The van der Waals surface area contributed by atoms with Crippen LogP contribution in [0.25, 0.3) is 0 Å². The molecule has 0 spiro atoms. The summed E-state index contributed by atoms with van der Waals surface area (Å²) < 4.78 is 0. The molecular weight excluding hydrogens is 270 g/mol. The SMILES string of the molecule is Oc1ccccc1CNC1CC(c2cccc(Cl)c2)C1. The van der Waals surface area contributed by atoms with E-state index in [4.69, 9.17) is 11.6 Å². The molecule has 0 atom stereocenters. The van der Waals surface area contributed by atoms with E-state index >= 15 is 0 Å². The van der Waals surface area contributed by atoms with E-state index in [0.717, 1.165) is 30.0 Å². The first-order valence-corrected chi connectivity index (χ1v) is 7.36. The summed E-state index contributed by atoms with van der Waals surface area (Å²) in [7, 11) is 0. The maximum Gasteiger partial charge on any atom is 0.120 e. The number of benzene rings is 2. The van der Waals surface area contributed by atoms with Gasteiger partial charge in [0, 0.05) is 23.2 Å². The second-order valence-corrected chi connectivity index (χ2v) is 5.87. The Morgan fingerprint density at radius 2 is 1.90 bits per heavy atom. The fraction of sp³-hybridized carbons (Fsp3) is 0.294. The normalized spacial score (nSPS) is 21.4. The van der Waals surface area contributed by atoms with Gasteiger partial charge in [-0.2, -0.15) is 0 Å². The highest BCUT2D eigenvalue weighted by Crippen LogP contribution is 2.37. The molecule has 3 heteroatoms. The molecule has 2 nitrogen and oxygen atoms in total. The summed E-state index contributed by atoms with van der Waals surface area (Å²) in [6.45, 7) is 0.722. The van der Waals surface area contributed by atoms with Gasteiger partial charge in [-0.25, -0.2) is 0 Å². The highest BCUT2D eigenvalue weighted by molar-refractivity contribution is 6.30. The quantitative estimate of drug-likeness (QED) is 0.888. The zero-order valence-corrected chi connectivity index (χ0v) is 12.0. The van der Waals surface area contributed by atoms with Crippen LogP contribution >= 0.6 is 11.6 Å². The van der Waals surface area contributed by atoms with E-state index < -0.39 is 0 Å². The van der Waals surface area contributed by atoms with Crippen LogP contribution in [0.1, 0.15) is 29.9 Å². The molecule has 1 fully saturated rings. The molecule has 2 aromatic carbocycles. The van der Waals surface area contributed by atoms with Gasteiger partial charge in [-0.3, -0.25) is 0 Å². The maximum atomic E-state index is 9.72. The second-order valence-electron chi connectivity index (χ2n) is 5.43. The number of hydrogen-bond donors (Lipinski definition) is 2. The summed E-state index contributed by atoms with van der Waals surface area (Å²) in [4.78, 5) is 0. The number of rotatable bonds is 4. The molecule has 1 aliphatic rings. The van der Waals surface area contributed by atoms with Crippen molar-refractivity contribution in [2.75, 3.05) is 0 Å². The van der Waals surface area contributed by atoms with Crippen molar-refractivity contribution in [3.05, 3.63) is 64.7 Å². The van der Waals surface area contributed by atoms with E-state index in [2.05, 4.69) is 17.4 Å². The van der Waals surface area contributed by atoms with Gasteiger partial charge in [0.2, 0.25) is 0 Å². The lowest BCUT2D eigenvalue weighted by molar-refractivity contribution is 0.288. The Balaban J connectivity index is 1.50. The number of phenols is 1. The topological polar surface area (TPSA) is 32.3 Å². The number of aromatic hydroxyl groups is 1. The number of nitrogens with one attached hydrogen (secondary N) is 1. The molecule has 0 saturated heterocycles. The fourth-order valence-electron chi connectivity index (χ4n) is 2.73. The Morgan fingerprint density at radius 3 is 2.65 bits per heavy atom. The lowest BCUT2D eigenvalue weighted by atomic mass is 9.76. The average molecular weight is 288 g/mol. The minimum atomic E-state index is 0.366. The first kappa shape index (κ1) is 13.5. The predicted molar refractivity (Wildman–Crippen MR) is 82.2 cm³/mol. The standard InChI is InChI=1S/C17H18ClNO/c18-15-6-3-5-12(8-15)14-9-16(10-14)19-11-13-4-1-2-7-17(13)20/h1-8,14,16,19-20H,9-11H2. The predicted octanol–water partition coefficient (Wildman–Crippen LogP) is 4.08. The van der Waals surface area contributed by atoms with Crippen molar-refractivity contribution in [1.82, 2.24) is 5.32 Å². The highest BCUT2D eigenvalue weighted by Gasteiger charge is 2.29. The van der Waals surface area contributed by atoms with Gasteiger partial charge in [-0.15, -0.1) is 0 Å². The third-order valence-electron chi connectivity index (χ3n) is 4.03. The molecule has 1 aliphatic carbocycles. The third kappa shape index (κ3) is 2.97. The second kappa shape index (κ2) is 5.86. The van der Waals surface area contributed by atoms with Crippen LogP contribution < -0.4 is 5.32 Å². The summed E-state index contributed by atoms with van der Waals surface area (Å²) in [6.07, 6.45) is 2.27. The van der Waals surface area contributed by atoms with E-state index in [9.17, 15) is 5.11 Å². The third-order valence-corrected chi connectivity index (χ3v) is 4.27. The van der Waals surface area contributed by atoms with Crippen LogP contribution in [-0.4, -0.2) is 11.1 Å². The Hall–Kier alpha value is -1.51. The summed E-state index contributed by atoms with van der Waals surface area (Å²) in [5.41, 5.74) is 2.29. The number of phenolic OH excluding ortho intramolecular Hbond substituents is 1. The number of hydrogen-bond acceptors (Lipinski definition) is 2. The Kier molecular flexibility index (Phi) is 3.95. The van der Waals surface area contributed by atoms with E-state index in [1.165, 1.54) is 5.56 Å². The summed E-state index contributed by atoms with van der Waals surface area (Å²) in [5, 5.41) is 14.0. The van der Waals surface area contributed by atoms with Crippen molar-refractivity contribution >= 4 is 11.6 Å². The molecule has 0 radical (unpaired) electrons. The van der Waals surface area contributed by atoms with Gasteiger partial charge in [-0.05, 0) is 42.5 Å². The van der Waals surface area contributed by atoms with Crippen molar-refractivity contribution in [1.29, 1.82) is 0 Å². The minimum Gasteiger partial charge on any atom is -0.508 e. The molecule has 0 heterocycles. The van der Waals surface area contributed by atoms with Crippen LogP contribution in [0, 0.1) is 0 Å². The molecule has 104 valence electrons. The Labute approximate surface area is 124 Å². The lowest BCUT2D eigenvalue weighted by Crippen LogP contribution is -2.39. The maximum absolute atomic E-state index is 9.72. The number of para-hydroxylation sites is 1. The fourth-order valence-corrected chi connectivity index (χ4v) is 2.93. The molecule has 0 bridgehead atoms. The van der Waals surface area contributed by atoms with Gasteiger partial charge in [0.15, 0.2) is 0 Å². The van der Waals surface area contributed by atoms with Crippen molar-refractivity contribution in [3.63, 3.8) is 0 Å². The van der Waals surface area contributed by atoms with Gasteiger partial charge in [-0.1, -0.05) is 41.9 Å². The molecule has 2 aromatic rings. The number of halogens is 1. The molecule has 0 aliphatic heterocycles. The Morgan fingerprint density at radius 1 is 1.10 bits per heavy atom. The van der Waals surface area contributed by atoms with Gasteiger partial charge >= 0.3 is 0 Å². The van der Waals surface area contributed by atoms with E-state index in [1.54, 1.807) is 6.07 Å². The van der Waals surface area contributed by atoms with Crippen LogP contribution in [0.2, 0.25) is 5.02 Å². The molecule has 2 N–H and O–H groups in total. The zero-order valence-electron chi connectivity index (χ0n) is 11.2. The van der Waals surface area contributed by atoms with Gasteiger partial charge in [0.05, 0.1) is 0 Å². The minimum absolute atomic E-state index is 0.366. The van der Waals surface area contributed by atoms with Gasteiger partial charge < -0.3 is 10.4 Å². The van der Waals surface area contributed by atoms with E-state index in [0.29, 0.717) is 17.7 Å². The van der Waals surface area contributed by atoms with E-state index in [1.807, 2.05) is 30.3 Å². The molecule has 0 amide bonds. The largest absolute Gasteiger partial charge is 0.508 e. The van der Waals surface area contributed by atoms with Crippen molar-refractivity contribution in [2.45, 2.75) is 31.3 Å². The molecule has 0 aromatic heterocycles. The van der Waals surface area contributed by atoms with Crippen molar-refractivity contribution < 1.29 is 5.11 Å². The van der Waals surface area contributed by atoms with Crippen molar-refractivity contribution in [3.8, 4) is 5.75 Å².